The van der Waals surface area contributed by atoms with E-state index in [0.717, 1.165) is 11.6 Å². The highest BCUT2D eigenvalue weighted by atomic mass is 19.1. The zero-order valence-corrected chi connectivity index (χ0v) is 12.7. The third kappa shape index (κ3) is 4.82. The Bertz CT molecular complexity index is 676. The number of hydrogen-bond acceptors (Lipinski definition) is 3. The summed E-state index contributed by atoms with van der Waals surface area (Å²) in [6, 6.07) is 6.59. The molecule has 1 heterocycles. The van der Waals surface area contributed by atoms with E-state index in [4.69, 9.17) is 0 Å². The molecule has 4 nitrogen and oxygen atoms in total. The molecular formula is C17H18F2N2O2. The van der Waals surface area contributed by atoms with Crippen molar-refractivity contribution in [3.8, 4) is 0 Å². The Hall–Kier alpha value is -2.34. The van der Waals surface area contributed by atoms with Crippen molar-refractivity contribution in [3.05, 3.63) is 65.5 Å². The zero-order valence-electron chi connectivity index (χ0n) is 12.7. The third-order valence-corrected chi connectivity index (χ3v) is 3.50. The number of carbonyl (C=O) groups is 1. The predicted octanol–water partition coefficient (Wildman–Crippen LogP) is 2.32. The summed E-state index contributed by atoms with van der Waals surface area (Å²) >= 11 is 0. The van der Waals surface area contributed by atoms with E-state index in [1.807, 2.05) is 6.07 Å². The topological polar surface area (TPSA) is 62.2 Å². The fourth-order valence-corrected chi connectivity index (χ4v) is 2.18. The van der Waals surface area contributed by atoms with Crippen LogP contribution in [0, 0.1) is 11.6 Å². The molecule has 2 aromatic rings. The van der Waals surface area contributed by atoms with E-state index >= 15 is 0 Å². The number of aryl methyl sites for hydroxylation is 1. The van der Waals surface area contributed by atoms with E-state index in [1.54, 1.807) is 18.5 Å². The second kappa shape index (κ2) is 7.28. The van der Waals surface area contributed by atoms with Crippen LogP contribution >= 0.6 is 0 Å². The lowest BCUT2D eigenvalue weighted by Crippen LogP contribution is -2.39. The first kappa shape index (κ1) is 17.0. The van der Waals surface area contributed by atoms with E-state index in [9.17, 15) is 18.7 Å². The Kier molecular flexibility index (Phi) is 5.39. The molecule has 122 valence electrons. The average molecular weight is 320 g/mol. The van der Waals surface area contributed by atoms with Gasteiger partial charge in [-0.25, -0.2) is 8.78 Å². The number of halogens is 2. The first-order valence-corrected chi connectivity index (χ1v) is 7.22. The molecule has 23 heavy (non-hydrogen) atoms. The molecule has 6 heteroatoms. The van der Waals surface area contributed by atoms with Gasteiger partial charge < -0.3 is 10.4 Å². The highest BCUT2D eigenvalue weighted by molar-refractivity contribution is 5.76. The Labute approximate surface area is 133 Å². The van der Waals surface area contributed by atoms with Gasteiger partial charge in [0.1, 0.15) is 17.2 Å². The number of aromatic nitrogens is 1. The van der Waals surface area contributed by atoms with Crippen LogP contribution < -0.4 is 5.32 Å². The second-order valence-electron chi connectivity index (χ2n) is 5.54. The van der Waals surface area contributed by atoms with Gasteiger partial charge in [0, 0.05) is 30.4 Å². The lowest BCUT2D eigenvalue weighted by molar-refractivity contribution is -0.122. The molecule has 1 aromatic heterocycles. The summed E-state index contributed by atoms with van der Waals surface area (Å²) in [4.78, 5) is 15.8. The third-order valence-electron chi connectivity index (χ3n) is 3.50. The molecule has 1 aromatic carbocycles. The first-order chi connectivity index (χ1) is 10.9. The van der Waals surface area contributed by atoms with Crippen molar-refractivity contribution in [1.29, 1.82) is 0 Å². The molecule has 2 N–H and O–H groups in total. The number of nitrogens with one attached hydrogen (secondary N) is 1. The SMILES string of the molecule is C[C@@](O)(CNC(=O)CCc1cccnc1)c1ccc(F)cc1F. The highest BCUT2D eigenvalue weighted by Crippen LogP contribution is 2.23. The van der Waals surface area contributed by atoms with Crippen LogP contribution in [0.1, 0.15) is 24.5 Å². The zero-order chi connectivity index (χ0) is 16.9. The van der Waals surface area contributed by atoms with Gasteiger partial charge in [-0.05, 0) is 31.0 Å². The van der Waals surface area contributed by atoms with E-state index in [0.29, 0.717) is 12.5 Å². The van der Waals surface area contributed by atoms with Gasteiger partial charge in [0.05, 0.1) is 6.54 Å². The quantitative estimate of drug-likeness (QED) is 0.858. The summed E-state index contributed by atoms with van der Waals surface area (Å²) in [5.74, 6) is -1.83. The van der Waals surface area contributed by atoms with Crippen molar-refractivity contribution in [2.75, 3.05) is 6.54 Å². The summed E-state index contributed by atoms with van der Waals surface area (Å²) in [5, 5.41) is 12.9. The van der Waals surface area contributed by atoms with E-state index in [1.165, 1.54) is 13.0 Å². The normalized spacial score (nSPS) is 13.4. The van der Waals surface area contributed by atoms with Gasteiger partial charge in [0.2, 0.25) is 5.91 Å². The van der Waals surface area contributed by atoms with E-state index in [-0.39, 0.29) is 24.4 Å². The first-order valence-electron chi connectivity index (χ1n) is 7.22. The molecule has 0 aliphatic rings. The van der Waals surface area contributed by atoms with Crippen molar-refractivity contribution in [2.45, 2.75) is 25.4 Å². The van der Waals surface area contributed by atoms with Crippen LogP contribution in [-0.2, 0) is 16.8 Å². The van der Waals surface area contributed by atoms with Crippen LogP contribution in [0.15, 0.2) is 42.7 Å². The molecule has 0 bridgehead atoms. The highest BCUT2D eigenvalue weighted by Gasteiger charge is 2.27. The number of carbonyl (C=O) groups excluding carboxylic acids is 1. The summed E-state index contributed by atoms with van der Waals surface area (Å²) in [6.07, 6.45) is 4.08. The number of amides is 1. The number of nitrogens with zero attached hydrogens (tertiary/aromatic N) is 1. The summed E-state index contributed by atoms with van der Waals surface area (Å²) in [7, 11) is 0. The van der Waals surface area contributed by atoms with Crippen molar-refractivity contribution in [3.63, 3.8) is 0 Å². The van der Waals surface area contributed by atoms with Crippen molar-refractivity contribution in [1.82, 2.24) is 10.3 Å². The van der Waals surface area contributed by atoms with Crippen LogP contribution in [-0.4, -0.2) is 22.5 Å². The van der Waals surface area contributed by atoms with Gasteiger partial charge in [0.25, 0.3) is 0 Å². The van der Waals surface area contributed by atoms with Crippen LogP contribution in [0.3, 0.4) is 0 Å². The Morgan fingerprint density at radius 3 is 2.78 bits per heavy atom. The van der Waals surface area contributed by atoms with Gasteiger partial charge in [0.15, 0.2) is 0 Å². The molecule has 0 spiro atoms. The molecule has 0 fully saturated rings. The maximum atomic E-state index is 13.7. The Balaban J connectivity index is 1.89. The van der Waals surface area contributed by atoms with Gasteiger partial charge in [-0.1, -0.05) is 12.1 Å². The molecule has 1 atom stereocenters. The van der Waals surface area contributed by atoms with Gasteiger partial charge in [-0.2, -0.15) is 0 Å². The van der Waals surface area contributed by atoms with Crippen molar-refractivity contribution in [2.24, 2.45) is 0 Å². The molecule has 0 aliphatic carbocycles. The maximum absolute atomic E-state index is 13.7. The standard InChI is InChI=1S/C17H18F2N2O2/c1-17(23,14-6-5-13(18)9-15(14)19)11-21-16(22)7-4-12-3-2-8-20-10-12/h2-3,5-6,8-10,23H,4,7,11H2,1H3,(H,21,22)/t17-/m1/s1. The van der Waals surface area contributed by atoms with Crippen LogP contribution in [0.4, 0.5) is 8.78 Å². The van der Waals surface area contributed by atoms with Crippen LogP contribution in [0.25, 0.3) is 0 Å². The Morgan fingerprint density at radius 1 is 1.35 bits per heavy atom. The van der Waals surface area contributed by atoms with Gasteiger partial charge in [-0.3, -0.25) is 9.78 Å². The monoisotopic (exact) mass is 320 g/mol. The minimum absolute atomic E-state index is 0.0635. The molecule has 0 unspecified atom stereocenters. The molecule has 0 aliphatic heterocycles. The number of hydrogen-bond donors (Lipinski definition) is 2. The number of rotatable bonds is 6. The fourth-order valence-electron chi connectivity index (χ4n) is 2.18. The van der Waals surface area contributed by atoms with Crippen molar-refractivity contribution >= 4 is 5.91 Å². The molecule has 0 saturated heterocycles. The van der Waals surface area contributed by atoms with E-state index < -0.39 is 17.2 Å². The molecule has 2 rings (SSSR count). The van der Waals surface area contributed by atoms with Crippen LogP contribution in [0.5, 0.6) is 0 Å². The van der Waals surface area contributed by atoms with Gasteiger partial charge in [-0.15, -0.1) is 0 Å². The average Bonchev–Trinajstić information content (AvgIpc) is 2.51. The summed E-state index contributed by atoms with van der Waals surface area (Å²) in [5.41, 5.74) is -0.757. The fraction of sp³-hybridized carbons (Fsp3) is 0.294. The number of benzene rings is 1. The number of pyridine rings is 1. The summed E-state index contributed by atoms with van der Waals surface area (Å²) in [6.45, 7) is 1.20. The maximum Gasteiger partial charge on any atom is 0.220 e. The molecule has 1 amide bonds. The minimum Gasteiger partial charge on any atom is -0.383 e. The lowest BCUT2D eigenvalue weighted by Gasteiger charge is -2.24. The lowest BCUT2D eigenvalue weighted by atomic mass is 9.95. The molecular weight excluding hydrogens is 302 g/mol. The largest absolute Gasteiger partial charge is 0.383 e. The molecule has 0 radical (unpaired) electrons. The molecule has 0 saturated carbocycles. The number of aliphatic hydroxyl groups is 1. The van der Waals surface area contributed by atoms with Crippen molar-refractivity contribution < 1.29 is 18.7 Å². The van der Waals surface area contributed by atoms with Gasteiger partial charge >= 0.3 is 0 Å². The summed E-state index contributed by atoms with van der Waals surface area (Å²) < 4.78 is 26.6. The van der Waals surface area contributed by atoms with E-state index in [2.05, 4.69) is 10.3 Å². The smallest absolute Gasteiger partial charge is 0.220 e. The minimum atomic E-state index is -1.62. The van der Waals surface area contributed by atoms with Crippen LogP contribution in [0.2, 0.25) is 0 Å². The second-order valence-corrected chi connectivity index (χ2v) is 5.54. The Morgan fingerprint density at radius 2 is 2.13 bits per heavy atom. The predicted molar refractivity (Wildman–Crippen MR) is 81.5 cm³/mol.